The Morgan fingerprint density at radius 1 is 1.29 bits per heavy atom. The first kappa shape index (κ1) is 16.3. The van der Waals surface area contributed by atoms with Crippen LogP contribution in [0.1, 0.15) is 37.9 Å². The summed E-state index contributed by atoms with van der Waals surface area (Å²) in [4.78, 5) is 2.50. The second-order valence-corrected chi connectivity index (χ2v) is 6.83. The van der Waals surface area contributed by atoms with Gasteiger partial charge in [0.2, 0.25) is 0 Å². The Balaban J connectivity index is 2.08. The van der Waals surface area contributed by atoms with Crippen LogP contribution in [-0.2, 0) is 18.3 Å². The SMILES string of the molecule is COCCNCc1c(C)nn(C)c1N1CCC(C)(C)CC1. The predicted molar refractivity (Wildman–Crippen MR) is 86.8 cm³/mol. The number of rotatable bonds is 6. The van der Waals surface area contributed by atoms with Crippen LogP contribution >= 0.6 is 0 Å². The number of nitrogens with one attached hydrogen (secondary N) is 1. The number of methoxy groups -OCH3 is 1. The second-order valence-electron chi connectivity index (χ2n) is 6.83. The van der Waals surface area contributed by atoms with E-state index >= 15 is 0 Å². The molecule has 0 atom stereocenters. The van der Waals surface area contributed by atoms with E-state index in [9.17, 15) is 0 Å². The highest BCUT2D eigenvalue weighted by molar-refractivity contribution is 5.50. The van der Waals surface area contributed by atoms with E-state index in [2.05, 4.69) is 43.1 Å². The topological polar surface area (TPSA) is 42.3 Å². The smallest absolute Gasteiger partial charge is 0.131 e. The molecule has 1 aliphatic heterocycles. The van der Waals surface area contributed by atoms with Gasteiger partial charge in [0.25, 0.3) is 0 Å². The van der Waals surface area contributed by atoms with E-state index in [1.54, 1.807) is 7.11 Å². The third-order valence-electron chi connectivity index (χ3n) is 4.51. The molecule has 0 amide bonds. The Labute approximate surface area is 128 Å². The monoisotopic (exact) mass is 294 g/mol. The first-order chi connectivity index (χ1) is 9.94. The van der Waals surface area contributed by atoms with Gasteiger partial charge in [0.1, 0.15) is 5.82 Å². The Morgan fingerprint density at radius 3 is 2.57 bits per heavy atom. The van der Waals surface area contributed by atoms with Crippen molar-refractivity contribution in [3.8, 4) is 0 Å². The van der Waals surface area contributed by atoms with Crippen LogP contribution in [0.25, 0.3) is 0 Å². The molecule has 1 aromatic rings. The van der Waals surface area contributed by atoms with Crippen LogP contribution in [0.3, 0.4) is 0 Å². The third-order valence-corrected chi connectivity index (χ3v) is 4.51. The average molecular weight is 294 g/mol. The fraction of sp³-hybridized carbons (Fsp3) is 0.812. The maximum atomic E-state index is 5.09. The fourth-order valence-corrected chi connectivity index (χ4v) is 3.00. The molecule has 1 aromatic heterocycles. The van der Waals surface area contributed by atoms with Gasteiger partial charge in [-0.1, -0.05) is 13.8 Å². The highest BCUT2D eigenvalue weighted by Gasteiger charge is 2.28. The van der Waals surface area contributed by atoms with Gasteiger partial charge in [0, 0.05) is 45.9 Å². The molecule has 21 heavy (non-hydrogen) atoms. The molecule has 0 saturated carbocycles. The molecule has 120 valence electrons. The van der Waals surface area contributed by atoms with Crippen molar-refractivity contribution in [2.75, 3.05) is 38.3 Å². The predicted octanol–water partition coefficient (Wildman–Crippen LogP) is 2.09. The summed E-state index contributed by atoms with van der Waals surface area (Å²) in [6.07, 6.45) is 2.49. The molecule has 1 aliphatic rings. The third kappa shape index (κ3) is 3.98. The number of aryl methyl sites for hydroxylation is 2. The molecule has 0 spiro atoms. The zero-order valence-corrected chi connectivity index (χ0v) is 14.2. The van der Waals surface area contributed by atoms with E-state index in [0.717, 1.165) is 38.5 Å². The summed E-state index contributed by atoms with van der Waals surface area (Å²) in [6, 6.07) is 0. The van der Waals surface area contributed by atoms with Crippen LogP contribution in [0.15, 0.2) is 0 Å². The molecule has 2 heterocycles. The maximum Gasteiger partial charge on any atom is 0.131 e. The minimum Gasteiger partial charge on any atom is -0.383 e. The van der Waals surface area contributed by atoms with E-state index < -0.39 is 0 Å². The molecule has 2 rings (SSSR count). The van der Waals surface area contributed by atoms with E-state index in [4.69, 9.17) is 4.74 Å². The van der Waals surface area contributed by atoms with Crippen LogP contribution in [0.5, 0.6) is 0 Å². The van der Waals surface area contributed by atoms with Crippen LogP contribution in [0, 0.1) is 12.3 Å². The standard InChI is InChI=1S/C16H30N4O/c1-13-14(12-17-8-11-21-5)15(19(4)18-13)20-9-6-16(2,3)7-10-20/h17H,6-12H2,1-5H3. The Hall–Kier alpha value is -1.07. The zero-order chi connectivity index (χ0) is 15.5. The molecule has 5 nitrogen and oxygen atoms in total. The van der Waals surface area contributed by atoms with Crippen molar-refractivity contribution < 1.29 is 4.74 Å². The van der Waals surface area contributed by atoms with Crippen molar-refractivity contribution in [2.24, 2.45) is 12.5 Å². The first-order valence-corrected chi connectivity index (χ1v) is 7.92. The van der Waals surface area contributed by atoms with Crippen molar-refractivity contribution in [1.82, 2.24) is 15.1 Å². The number of anilines is 1. The van der Waals surface area contributed by atoms with Gasteiger partial charge in [-0.25, -0.2) is 0 Å². The lowest BCUT2D eigenvalue weighted by Crippen LogP contribution is -2.39. The molecular weight excluding hydrogens is 264 g/mol. The molecule has 0 unspecified atom stereocenters. The van der Waals surface area contributed by atoms with Gasteiger partial charge >= 0.3 is 0 Å². The van der Waals surface area contributed by atoms with E-state index in [1.165, 1.54) is 24.2 Å². The van der Waals surface area contributed by atoms with E-state index in [0.29, 0.717) is 5.41 Å². The molecule has 1 N–H and O–H groups in total. The molecule has 0 aliphatic carbocycles. The number of hydrogen-bond acceptors (Lipinski definition) is 4. The van der Waals surface area contributed by atoms with Crippen molar-refractivity contribution >= 4 is 5.82 Å². The van der Waals surface area contributed by atoms with Gasteiger partial charge in [-0.05, 0) is 25.2 Å². The van der Waals surface area contributed by atoms with Crippen molar-refractivity contribution in [3.63, 3.8) is 0 Å². The van der Waals surface area contributed by atoms with Crippen molar-refractivity contribution in [3.05, 3.63) is 11.3 Å². The first-order valence-electron chi connectivity index (χ1n) is 7.92. The minimum atomic E-state index is 0.473. The number of piperidine rings is 1. The summed E-state index contributed by atoms with van der Waals surface area (Å²) in [5.74, 6) is 1.29. The Bertz CT molecular complexity index is 457. The van der Waals surface area contributed by atoms with E-state index in [1.807, 2.05) is 4.68 Å². The van der Waals surface area contributed by atoms with Gasteiger partial charge in [-0.15, -0.1) is 0 Å². The normalized spacial score (nSPS) is 18.2. The summed E-state index contributed by atoms with van der Waals surface area (Å²) in [6.45, 7) is 11.6. The minimum absolute atomic E-state index is 0.473. The molecular formula is C16H30N4O. The van der Waals surface area contributed by atoms with Crippen LogP contribution in [0.4, 0.5) is 5.82 Å². The van der Waals surface area contributed by atoms with Gasteiger partial charge < -0.3 is 15.0 Å². The number of nitrogens with zero attached hydrogens (tertiary/aromatic N) is 3. The van der Waals surface area contributed by atoms with Crippen LogP contribution in [0.2, 0.25) is 0 Å². The van der Waals surface area contributed by atoms with Crippen molar-refractivity contribution in [2.45, 2.75) is 40.2 Å². The van der Waals surface area contributed by atoms with Crippen LogP contribution in [-0.4, -0.2) is 43.1 Å². The highest BCUT2D eigenvalue weighted by atomic mass is 16.5. The Morgan fingerprint density at radius 2 is 1.95 bits per heavy atom. The number of ether oxygens (including phenoxy) is 1. The summed E-state index contributed by atoms with van der Waals surface area (Å²) < 4.78 is 7.13. The van der Waals surface area contributed by atoms with Crippen molar-refractivity contribution in [1.29, 1.82) is 0 Å². The quantitative estimate of drug-likeness (QED) is 0.816. The average Bonchev–Trinajstić information content (AvgIpc) is 2.70. The summed E-state index contributed by atoms with van der Waals surface area (Å²) >= 11 is 0. The van der Waals surface area contributed by atoms with Gasteiger partial charge in [0.15, 0.2) is 0 Å². The lowest BCUT2D eigenvalue weighted by Gasteiger charge is -2.38. The maximum absolute atomic E-state index is 5.09. The zero-order valence-electron chi connectivity index (χ0n) is 14.2. The number of hydrogen-bond donors (Lipinski definition) is 1. The summed E-state index contributed by atoms with van der Waals surface area (Å²) in [5.41, 5.74) is 2.93. The Kier molecular flexibility index (Phi) is 5.27. The highest BCUT2D eigenvalue weighted by Crippen LogP contribution is 2.33. The van der Waals surface area contributed by atoms with Gasteiger partial charge in [-0.3, -0.25) is 4.68 Å². The lowest BCUT2D eigenvalue weighted by molar-refractivity contribution is 0.199. The van der Waals surface area contributed by atoms with E-state index in [-0.39, 0.29) is 0 Å². The molecule has 1 saturated heterocycles. The molecule has 0 aromatic carbocycles. The summed E-state index contributed by atoms with van der Waals surface area (Å²) in [5, 5.41) is 8.07. The van der Waals surface area contributed by atoms with Crippen LogP contribution < -0.4 is 10.2 Å². The molecule has 1 fully saturated rings. The second kappa shape index (κ2) is 6.79. The molecule has 5 heteroatoms. The fourth-order valence-electron chi connectivity index (χ4n) is 3.00. The van der Waals surface area contributed by atoms with Gasteiger partial charge in [0.05, 0.1) is 12.3 Å². The lowest BCUT2D eigenvalue weighted by atomic mass is 9.82. The van der Waals surface area contributed by atoms with Gasteiger partial charge in [-0.2, -0.15) is 5.10 Å². The summed E-state index contributed by atoms with van der Waals surface area (Å²) in [7, 11) is 3.79. The number of aromatic nitrogens is 2. The molecule has 0 radical (unpaired) electrons. The molecule has 0 bridgehead atoms. The largest absolute Gasteiger partial charge is 0.383 e.